The van der Waals surface area contributed by atoms with Crippen LogP contribution in [0.4, 0.5) is 61.5 Å². The molecule has 0 N–H and O–H groups in total. The monoisotopic (exact) mass is 540 g/mol. The number of unbranched alkanes of at least 4 members (excludes halogenated alkanes) is 2. The average Bonchev–Trinajstić information content (AvgIpc) is 2.51. The van der Waals surface area contributed by atoms with Gasteiger partial charge in [0.1, 0.15) is 0 Å². The molecule has 0 aliphatic heterocycles. The number of alkyl halides is 14. The van der Waals surface area contributed by atoms with Gasteiger partial charge in [0.05, 0.1) is 0 Å². The molecule has 0 aliphatic carbocycles. The summed E-state index contributed by atoms with van der Waals surface area (Å²) < 4.78 is 211. The van der Waals surface area contributed by atoms with Crippen LogP contribution in [0.15, 0.2) is 0 Å². The van der Waals surface area contributed by atoms with Crippen molar-refractivity contribution in [2.45, 2.75) is 73.4 Å². The van der Waals surface area contributed by atoms with Gasteiger partial charge in [-0.3, -0.25) is 0 Å². The van der Waals surface area contributed by atoms with E-state index in [0.717, 1.165) is 0 Å². The molecule has 0 aromatic carbocycles. The van der Waals surface area contributed by atoms with Gasteiger partial charge in [-0.1, -0.05) is 12.8 Å². The Hall–Kier alpha value is 0.566. The maximum Gasteiger partial charge on any atom is 1.00 e. The Morgan fingerprint density at radius 2 is 1.10 bits per heavy atom. The molecule has 182 valence electrons. The largest absolute Gasteiger partial charge is 1.00 e. The summed E-state index contributed by atoms with van der Waals surface area (Å²) in [7, 11) is -7.78. The van der Waals surface area contributed by atoms with Crippen LogP contribution in [0.1, 0.15) is 32.1 Å². The van der Waals surface area contributed by atoms with Crippen molar-refractivity contribution in [3.8, 4) is 0 Å². The summed E-state index contributed by atoms with van der Waals surface area (Å²) in [5.74, 6) is -30.3. The van der Waals surface area contributed by atoms with Gasteiger partial charge in [0, 0.05) is 6.42 Å². The molecule has 0 aliphatic rings. The summed E-state index contributed by atoms with van der Waals surface area (Å²) in [6, 6.07) is 0. The molecule has 1 atom stereocenters. The van der Waals surface area contributed by atoms with Crippen LogP contribution in [0.3, 0.4) is 0 Å². The number of hydrogen-bond donors (Lipinski definition) is 0. The van der Waals surface area contributed by atoms with Gasteiger partial charge >= 0.3 is 86.5 Å². The third-order valence-electron chi connectivity index (χ3n) is 3.70. The molecule has 0 fully saturated rings. The molecule has 3 nitrogen and oxygen atoms in total. The second-order valence-electron chi connectivity index (χ2n) is 6.00. The van der Waals surface area contributed by atoms with Gasteiger partial charge in [-0.2, -0.15) is 57.1 Å². The van der Waals surface area contributed by atoms with Crippen molar-refractivity contribution in [3.63, 3.8) is 0 Å². The fraction of sp³-hybridized carbons (Fsp3) is 1.00. The Balaban J connectivity index is 0. The Morgan fingerprint density at radius 3 is 1.45 bits per heavy atom. The molecular formula is C12H11F14KO3S. The minimum absolute atomic E-state index is 0. The van der Waals surface area contributed by atoms with E-state index in [2.05, 4.69) is 0 Å². The van der Waals surface area contributed by atoms with Gasteiger partial charge in [-0.25, -0.2) is 12.8 Å². The summed E-state index contributed by atoms with van der Waals surface area (Å²) >= 11 is 0. The van der Waals surface area contributed by atoms with Gasteiger partial charge < -0.3 is 4.55 Å². The van der Waals surface area contributed by atoms with Gasteiger partial charge in [-0.05, 0) is 12.8 Å². The van der Waals surface area contributed by atoms with Crippen LogP contribution in [-0.2, 0) is 10.1 Å². The minimum atomic E-state index is -7.95. The first-order valence-corrected chi connectivity index (χ1v) is 8.84. The van der Waals surface area contributed by atoms with Crippen LogP contribution >= 0.6 is 0 Å². The molecule has 0 aromatic heterocycles. The Morgan fingerprint density at radius 1 is 0.677 bits per heavy atom. The average molecular weight is 540 g/mol. The van der Waals surface area contributed by atoms with Gasteiger partial charge in [-0.15, -0.1) is 0 Å². The van der Waals surface area contributed by atoms with Crippen LogP contribution in [-0.4, -0.2) is 54.3 Å². The van der Waals surface area contributed by atoms with E-state index in [0.29, 0.717) is 0 Å². The van der Waals surface area contributed by atoms with Crippen LogP contribution in [0.2, 0.25) is 0 Å². The van der Waals surface area contributed by atoms with E-state index in [1.165, 1.54) is 0 Å². The predicted molar refractivity (Wildman–Crippen MR) is 68.5 cm³/mol. The van der Waals surface area contributed by atoms with Crippen molar-refractivity contribution in [1.29, 1.82) is 0 Å². The molecule has 0 spiro atoms. The summed E-state index contributed by atoms with van der Waals surface area (Å²) in [4.78, 5) is 0. The molecule has 0 radical (unpaired) electrons. The third-order valence-corrected chi connectivity index (χ3v) is 4.58. The molecule has 19 heteroatoms. The zero-order valence-electron chi connectivity index (χ0n) is 15.0. The van der Waals surface area contributed by atoms with Crippen molar-refractivity contribution < 1.29 is 126 Å². The maximum absolute atomic E-state index is 13.4. The SMILES string of the molecule is O=S(=O)([O-])C(F)(F)C(F)(F)C(F)(F)C(F)(F)C(F)(F)C(F)CCCCCC(F)(F)F.[K+]. The summed E-state index contributed by atoms with van der Waals surface area (Å²) in [5.41, 5.74) is 0. The van der Waals surface area contributed by atoms with E-state index in [1.54, 1.807) is 0 Å². The Bertz CT molecular complexity index is 691. The molecular weight excluding hydrogens is 529 g/mol. The fourth-order valence-corrected chi connectivity index (χ4v) is 2.39. The molecule has 0 heterocycles. The zero-order chi connectivity index (χ0) is 24.6. The van der Waals surface area contributed by atoms with Crippen LogP contribution < -0.4 is 51.4 Å². The van der Waals surface area contributed by atoms with Crippen LogP contribution in [0.5, 0.6) is 0 Å². The standard InChI is InChI=1S/C12H12F14O3S.K/c13-6(4-2-1-3-5-7(14,15)16)8(17,18)9(19,20)10(21,22)11(23,24)12(25,26)30(27,28)29;/h6H,1-5H2,(H,27,28,29);/q;+1/p-1. The van der Waals surface area contributed by atoms with Gasteiger partial charge in [0.2, 0.25) is 0 Å². The van der Waals surface area contributed by atoms with Crippen LogP contribution in [0.25, 0.3) is 0 Å². The third kappa shape index (κ3) is 6.80. The molecule has 0 rings (SSSR count). The molecule has 1 unspecified atom stereocenters. The van der Waals surface area contributed by atoms with Gasteiger partial charge in [0.25, 0.3) is 0 Å². The van der Waals surface area contributed by atoms with Crippen molar-refractivity contribution in [1.82, 2.24) is 0 Å². The first kappa shape index (κ1) is 33.7. The quantitative estimate of drug-likeness (QED) is 0.175. The molecule has 0 aromatic rings. The van der Waals surface area contributed by atoms with E-state index in [-0.39, 0.29) is 51.4 Å². The van der Waals surface area contributed by atoms with E-state index < -0.39 is 83.5 Å². The van der Waals surface area contributed by atoms with Crippen molar-refractivity contribution in [2.75, 3.05) is 0 Å². The number of halogens is 14. The molecule has 0 bridgehead atoms. The normalized spacial score (nSPS) is 16.1. The van der Waals surface area contributed by atoms with Crippen molar-refractivity contribution >= 4 is 10.1 Å². The van der Waals surface area contributed by atoms with E-state index in [1.807, 2.05) is 0 Å². The fourth-order valence-electron chi connectivity index (χ4n) is 1.95. The van der Waals surface area contributed by atoms with Crippen molar-refractivity contribution in [3.05, 3.63) is 0 Å². The summed E-state index contributed by atoms with van der Waals surface area (Å²) in [5, 5.41) is -7.49. The molecule has 0 saturated carbocycles. The molecule has 0 amide bonds. The molecule has 31 heavy (non-hydrogen) atoms. The van der Waals surface area contributed by atoms with E-state index in [4.69, 9.17) is 0 Å². The van der Waals surface area contributed by atoms with Gasteiger partial charge in [0.15, 0.2) is 16.3 Å². The number of rotatable bonds is 11. The van der Waals surface area contributed by atoms with Crippen LogP contribution in [0, 0.1) is 0 Å². The Labute approximate surface area is 208 Å². The maximum atomic E-state index is 13.4. The minimum Gasteiger partial charge on any atom is -0.743 e. The topological polar surface area (TPSA) is 57.2 Å². The summed E-state index contributed by atoms with van der Waals surface area (Å²) in [6.45, 7) is 0. The second kappa shape index (κ2) is 10.4. The molecule has 0 saturated heterocycles. The first-order valence-electron chi connectivity index (χ1n) is 7.43. The van der Waals surface area contributed by atoms with E-state index in [9.17, 15) is 74.4 Å². The predicted octanol–water partition coefficient (Wildman–Crippen LogP) is 2.52. The smallest absolute Gasteiger partial charge is 0.743 e. The van der Waals surface area contributed by atoms with E-state index >= 15 is 0 Å². The number of hydrogen-bond acceptors (Lipinski definition) is 3. The Kier molecular flexibility index (Phi) is 11.4. The second-order valence-corrected chi connectivity index (χ2v) is 7.42. The summed E-state index contributed by atoms with van der Waals surface area (Å²) in [6.07, 6.45) is -15.1. The first-order chi connectivity index (χ1) is 12.9. The van der Waals surface area contributed by atoms with Crippen molar-refractivity contribution in [2.24, 2.45) is 0 Å². The zero-order valence-corrected chi connectivity index (χ0v) is 19.0.